The minimum absolute atomic E-state index is 0.188. The maximum absolute atomic E-state index is 11.8. The summed E-state index contributed by atoms with van der Waals surface area (Å²) in [5, 5.41) is 3.21. The zero-order valence-electron chi connectivity index (χ0n) is 16.4. The van der Waals surface area contributed by atoms with Crippen molar-refractivity contribution in [2.75, 3.05) is 5.32 Å². The van der Waals surface area contributed by atoms with Gasteiger partial charge in [0.05, 0.1) is 11.1 Å². The van der Waals surface area contributed by atoms with Crippen LogP contribution in [0.2, 0.25) is 5.02 Å². The van der Waals surface area contributed by atoms with Crippen molar-refractivity contribution in [1.29, 1.82) is 0 Å². The summed E-state index contributed by atoms with van der Waals surface area (Å²) in [5.74, 6) is 0.600. The smallest absolute Gasteiger partial charge is 0.411 e. The Labute approximate surface area is 175 Å². The molecule has 0 atom stereocenters. The number of nitrogens with one attached hydrogen (secondary N) is 1. The van der Waals surface area contributed by atoms with Crippen molar-refractivity contribution < 1.29 is 9.53 Å². The van der Waals surface area contributed by atoms with Gasteiger partial charge in [-0.3, -0.25) is 15.3 Å². The van der Waals surface area contributed by atoms with Crippen LogP contribution in [-0.4, -0.2) is 22.2 Å². The fourth-order valence-electron chi connectivity index (χ4n) is 3.16. The number of hydrogen-bond donors (Lipinski definition) is 1. The molecule has 148 valence electrons. The number of hydrogen-bond acceptors (Lipinski definition) is 4. The van der Waals surface area contributed by atoms with Crippen LogP contribution in [0.5, 0.6) is 0 Å². The fourth-order valence-corrected chi connectivity index (χ4v) is 3.45. The average molecular weight is 408 g/mol. The standard InChI is InChI=1S/C23H22ClN3O2/c1-14(2)29-23(28)27-19-5-6-20(21(24)11-19)18-9-17(12-25-13-18)16-7-8-26-22(10-16)15-3-4-15/h5-15H,3-4H2,1-2H3,(H,27,28). The molecule has 1 saturated carbocycles. The van der Waals surface area contributed by atoms with Crippen LogP contribution in [0.15, 0.2) is 55.0 Å². The quantitative estimate of drug-likeness (QED) is 0.539. The molecule has 0 spiro atoms. The van der Waals surface area contributed by atoms with Crippen molar-refractivity contribution in [3.8, 4) is 22.3 Å². The molecule has 5 nitrogen and oxygen atoms in total. The molecule has 0 unspecified atom stereocenters. The van der Waals surface area contributed by atoms with Crippen molar-refractivity contribution in [3.63, 3.8) is 0 Å². The van der Waals surface area contributed by atoms with E-state index in [0.717, 1.165) is 27.9 Å². The SMILES string of the molecule is CC(C)OC(=O)Nc1ccc(-c2cncc(-c3ccnc(C4CC4)c3)c2)c(Cl)c1. The van der Waals surface area contributed by atoms with Gasteiger partial charge < -0.3 is 4.74 Å². The molecule has 29 heavy (non-hydrogen) atoms. The first kappa shape index (κ1) is 19.4. The highest BCUT2D eigenvalue weighted by molar-refractivity contribution is 6.33. The van der Waals surface area contributed by atoms with E-state index in [0.29, 0.717) is 16.6 Å². The van der Waals surface area contributed by atoms with Crippen LogP contribution in [0.1, 0.15) is 38.3 Å². The number of amides is 1. The maximum Gasteiger partial charge on any atom is 0.411 e. The number of halogens is 1. The second-order valence-electron chi connectivity index (χ2n) is 7.48. The minimum atomic E-state index is -0.503. The highest BCUT2D eigenvalue weighted by Gasteiger charge is 2.25. The Morgan fingerprint density at radius 1 is 1.10 bits per heavy atom. The normalized spacial score (nSPS) is 13.4. The van der Waals surface area contributed by atoms with E-state index in [-0.39, 0.29) is 6.10 Å². The monoisotopic (exact) mass is 407 g/mol. The largest absolute Gasteiger partial charge is 0.447 e. The van der Waals surface area contributed by atoms with Crippen LogP contribution in [0.25, 0.3) is 22.3 Å². The van der Waals surface area contributed by atoms with Gasteiger partial charge in [-0.1, -0.05) is 17.7 Å². The summed E-state index contributed by atoms with van der Waals surface area (Å²) in [6, 6.07) is 11.6. The lowest BCUT2D eigenvalue weighted by atomic mass is 10.0. The number of anilines is 1. The molecule has 1 N–H and O–H groups in total. The highest BCUT2D eigenvalue weighted by atomic mass is 35.5. The molecule has 0 bridgehead atoms. The average Bonchev–Trinajstić information content (AvgIpc) is 3.53. The lowest BCUT2D eigenvalue weighted by Crippen LogP contribution is -2.17. The third-order valence-corrected chi connectivity index (χ3v) is 5.03. The van der Waals surface area contributed by atoms with Crippen molar-refractivity contribution in [2.24, 2.45) is 0 Å². The Morgan fingerprint density at radius 3 is 2.62 bits per heavy atom. The zero-order valence-corrected chi connectivity index (χ0v) is 17.1. The van der Waals surface area contributed by atoms with E-state index >= 15 is 0 Å². The Morgan fingerprint density at radius 2 is 1.90 bits per heavy atom. The first-order chi connectivity index (χ1) is 14.0. The molecule has 4 rings (SSSR count). The highest BCUT2D eigenvalue weighted by Crippen LogP contribution is 2.40. The van der Waals surface area contributed by atoms with E-state index < -0.39 is 6.09 Å². The molecular formula is C23H22ClN3O2. The lowest BCUT2D eigenvalue weighted by Gasteiger charge is -2.12. The van der Waals surface area contributed by atoms with Gasteiger partial charge in [-0.25, -0.2) is 4.79 Å². The van der Waals surface area contributed by atoms with Gasteiger partial charge in [-0.15, -0.1) is 0 Å². The van der Waals surface area contributed by atoms with E-state index in [2.05, 4.69) is 27.4 Å². The molecule has 0 saturated heterocycles. The zero-order chi connectivity index (χ0) is 20.4. The van der Waals surface area contributed by atoms with Gasteiger partial charge in [-0.05, 0) is 62.6 Å². The Balaban J connectivity index is 1.58. The molecule has 1 fully saturated rings. The van der Waals surface area contributed by atoms with Crippen LogP contribution >= 0.6 is 11.6 Å². The minimum Gasteiger partial charge on any atom is -0.447 e. The maximum atomic E-state index is 11.8. The molecular weight excluding hydrogens is 386 g/mol. The Bertz CT molecular complexity index is 1050. The number of rotatable bonds is 5. The Kier molecular flexibility index (Phi) is 5.49. The van der Waals surface area contributed by atoms with Crippen molar-refractivity contribution in [3.05, 3.63) is 65.7 Å². The molecule has 1 aliphatic rings. The van der Waals surface area contributed by atoms with Crippen LogP contribution in [0, 0.1) is 0 Å². The second-order valence-corrected chi connectivity index (χ2v) is 7.89. The molecule has 0 radical (unpaired) electrons. The molecule has 2 heterocycles. The summed E-state index contributed by atoms with van der Waals surface area (Å²) in [6.07, 6.45) is 7.24. The van der Waals surface area contributed by atoms with Crippen molar-refractivity contribution in [2.45, 2.75) is 38.7 Å². The van der Waals surface area contributed by atoms with E-state index in [1.807, 2.05) is 24.5 Å². The first-order valence-corrected chi connectivity index (χ1v) is 10.1. The summed E-state index contributed by atoms with van der Waals surface area (Å²) >= 11 is 6.50. The number of aromatic nitrogens is 2. The predicted octanol–water partition coefficient (Wildman–Crippen LogP) is 6.30. The number of benzene rings is 1. The summed E-state index contributed by atoms with van der Waals surface area (Å²) in [6.45, 7) is 3.60. The van der Waals surface area contributed by atoms with E-state index in [1.54, 1.807) is 32.2 Å². The molecule has 3 aromatic rings. The van der Waals surface area contributed by atoms with Gasteiger partial charge in [0.1, 0.15) is 0 Å². The van der Waals surface area contributed by atoms with Gasteiger partial charge in [0, 0.05) is 52.6 Å². The first-order valence-electron chi connectivity index (χ1n) is 9.68. The summed E-state index contributed by atoms with van der Waals surface area (Å²) in [4.78, 5) is 20.7. The Hall–Kier alpha value is -2.92. The summed E-state index contributed by atoms with van der Waals surface area (Å²) < 4.78 is 5.10. The van der Waals surface area contributed by atoms with Crippen LogP contribution < -0.4 is 5.32 Å². The van der Waals surface area contributed by atoms with Crippen LogP contribution in [-0.2, 0) is 4.74 Å². The predicted molar refractivity (Wildman–Crippen MR) is 115 cm³/mol. The summed E-state index contributed by atoms with van der Waals surface area (Å²) in [5.41, 5.74) is 5.60. The second kappa shape index (κ2) is 8.21. The van der Waals surface area contributed by atoms with Gasteiger partial charge in [0.25, 0.3) is 0 Å². The molecule has 6 heteroatoms. The van der Waals surface area contributed by atoms with E-state index in [9.17, 15) is 4.79 Å². The van der Waals surface area contributed by atoms with Gasteiger partial charge in [-0.2, -0.15) is 0 Å². The van der Waals surface area contributed by atoms with Gasteiger partial charge in [0.2, 0.25) is 0 Å². The number of pyridine rings is 2. The van der Waals surface area contributed by atoms with E-state index in [1.165, 1.54) is 12.8 Å². The van der Waals surface area contributed by atoms with Crippen molar-refractivity contribution >= 4 is 23.4 Å². The van der Waals surface area contributed by atoms with Crippen LogP contribution in [0.3, 0.4) is 0 Å². The number of nitrogens with zero attached hydrogens (tertiary/aromatic N) is 2. The number of carbonyl (C=O) groups excluding carboxylic acids is 1. The van der Waals surface area contributed by atoms with E-state index in [4.69, 9.17) is 16.3 Å². The van der Waals surface area contributed by atoms with Crippen molar-refractivity contribution in [1.82, 2.24) is 9.97 Å². The van der Waals surface area contributed by atoms with Gasteiger partial charge in [0.15, 0.2) is 0 Å². The molecule has 1 aliphatic carbocycles. The molecule has 1 amide bonds. The van der Waals surface area contributed by atoms with Gasteiger partial charge >= 0.3 is 6.09 Å². The van der Waals surface area contributed by atoms with Crippen LogP contribution in [0.4, 0.5) is 10.5 Å². The fraction of sp³-hybridized carbons (Fsp3) is 0.261. The summed E-state index contributed by atoms with van der Waals surface area (Å²) in [7, 11) is 0. The third kappa shape index (κ3) is 4.74. The molecule has 0 aliphatic heterocycles. The lowest BCUT2D eigenvalue weighted by molar-refractivity contribution is 0.130. The number of ether oxygens (including phenoxy) is 1. The molecule has 2 aromatic heterocycles. The number of carbonyl (C=O) groups is 1. The molecule has 1 aromatic carbocycles. The third-order valence-electron chi connectivity index (χ3n) is 4.72. The topological polar surface area (TPSA) is 64.1 Å².